The standard InChI is InChI=1S/C15H26N4O2/c1-11(2)7-13(16)14(20)19-5-6-21-15(3,10-19)12-8-17-18(4)9-12/h8-9,11,13H,5-7,10,16H2,1-4H3/t13-,15?/m0/s1. The van der Waals surface area contributed by atoms with Gasteiger partial charge < -0.3 is 15.4 Å². The minimum absolute atomic E-state index is 0.0158. The number of aryl methyl sites for hydroxylation is 1. The Hall–Kier alpha value is -1.40. The zero-order chi connectivity index (χ0) is 15.6. The summed E-state index contributed by atoms with van der Waals surface area (Å²) < 4.78 is 7.66. The highest BCUT2D eigenvalue weighted by atomic mass is 16.5. The average Bonchev–Trinajstić information content (AvgIpc) is 2.84. The van der Waals surface area contributed by atoms with Crippen molar-refractivity contribution in [2.45, 2.75) is 38.8 Å². The van der Waals surface area contributed by atoms with Crippen LogP contribution in [0.25, 0.3) is 0 Å². The Kier molecular flexibility index (Phi) is 4.68. The molecule has 6 heteroatoms. The molecule has 1 saturated heterocycles. The van der Waals surface area contributed by atoms with Gasteiger partial charge in [0.05, 0.1) is 25.4 Å². The Bertz CT molecular complexity index is 500. The molecule has 1 aliphatic heterocycles. The van der Waals surface area contributed by atoms with Crippen LogP contribution in [0.3, 0.4) is 0 Å². The highest BCUT2D eigenvalue weighted by molar-refractivity contribution is 5.81. The third-order valence-electron chi connectivity index (χ3n) is 3.94. The van der Waals surface area contributed by atoms with E-state index < -0.39 is 11.6 Å². The van der Waals surface area contributed by atoms with Crippen molar-refractivity contribution in [3.63, 3.8) is 0 Å². The molecule has 1 unspecified atom stereocenters. The summed E-state index contributed by atoms with van der Waals surface area (Å²) in [6, 6.07) is -0.429. The van der Waals surface area contributed by atoms with Gasteiger partial charge in [-0.2, -0.15) is 5.10 Å². The van der Waals surface area contributed by atoms with Gasteiger partial charge in [0, 0.05) is 25.4 Å². The summed E-state index contributed by atoms with van der Waals surface area (Å²) in [5, 5.41) is 4.19. The molecule has 0 aliphatic carbocycles. The van der Waals surface area contributed by atoms with Gasteiger partial charge in [0.15, 0.2) is 0 Å². The van der Waals surface area contributed by atoms with E-state index in [9.17, 15) is 4.79 Å². The fraction of sp³-hybridized carbons (Fsp3) is 0.733. The molecule has 0 radical (unpaired) electrons. The number of nitrogens with zero attached hydrogens (tertiary/aromatic N) is 3. The van der Waals surface area contributed by atoms with E-state index in [1.165, 1.54) is 0 Å². The maximum absolute atomic E-state index is 12.5. The van der Waals surface area contributed by atoms with Crippen LogP contribution >= 0.6 is 0 Å². The predicted molar refractivity (Wildman–Crippen MR) is 80.5 cm³/mol. The zero-order valence-electron chi connectivity index (χ0n) is 13.4. The third-order valence-corrected chi connectivity index (χ3v) is 3.94. The van der Waals surface area contributed by atoms with Gasteiger partial charge in [-0.15, -0.1) is 0 Å². The minimum atomic E-state index is -0.514. The molecule has 2 rings (SSSR count). The Labute approximate surface area is 126 Å². The predicted octanol–water partition coefficient (Wildman–Crippen LogP) is 0.868. The summed E-state index contributed by atoms with van der Waals surface area (Å²) in [5.41, 5.74) is 6.50. The van der Waals surface area contributed by atoms with E-state index in [1.54, 1.807) is 10.9 Å². The molecule has 1 aromatic heterocycles. The highest BCUT2D eigenvalue weighted by Gasteiger charge is 2.37. The first-order valence-electron chi connectivity index (χ1n) is 7.49. The van der Waals surface area contributed by atoms with Gasteiger partial charge in [-0.3, -0.25) is 9.48 Å². The first-order chi connectivity index (χ1) is 9.82. The molecule has 1 fully saturated rings. The quantitative estimate of drug-likeness (QED) is 0.894. The molecule has 0 bridgehead atoms. The van der Waals surface area contributed by atoms with Crippen molar-refractivity contribution in [3.8, 4) is 0 Å². The smallest absolute Gasteiger partial charge is 0.239 e. The minimum Gasteiger partial charge on any atom is -0.367 e. The molecule has 1 aliphatic rings. The SMILES string of the molecule is CC(C)C[C@H](N)C(=O)N1CCOC(C)(c2cnn(C)c2)C1. The summed E-state index contributed by atoms with van der Waals surface area (Å²) in [7, 11) is 1.87. The Morgan fingerprint density at radius 2 is 2.29 bits per heavy atom. The number of hydrogen-bond donors (Lipinski definition) is 1. The first-order valence-corrected chi connectivity index (χ1v) is 7.49. The second-order valence-electron chi connectivity index (χ2n) is 6.48. The van der Waals surface area contributed by atoms with Crippen molar-refractivity contribution in [3.05, 3.63) is 18.0 Å². The summed E-state index contributed by atoms with van der Waals surface area (Å²) in [4.78, 5) is 14.3. The lowest BCUT2D eigenvalue weighted by Gasteiger charge is -2.41. The van der Waals surface area contributed by atoms with Crippen molar-refractivity contribution < 1.29 is 9.53 Å². The molecule has 1 amide bonds. The topological polar surface area (TPSA) is 73.4 Å². The number of nitrogens with two attached hydrogens (primary N) is 1. The van der Waals surface area contributed by atoms with Gasteiger partial charge in [0.2, 0.25) is 5.91 Å². The van der Waals surface area contributed by atoms with Crippen molar-refractivity contribution in [1.82, 2.24) is 14.7 Å². The fourth-order valence-corrected chi connectivity index (χ4v) is 2.77. The molecular formula is C15H26N4O2. The van der Waals surface area contributed by atoms with Gasteiger partial charge in [-0.05, 0) is 19.3 Å². The second-order valence-corrected chi connectivity index (χ2v) is 6.48. The van der Waals surface area contributed by atoms with Crippen LogP contribution in [-0.4, -0.2) is 46.3 Å². The van der Waals surface area contributed by atoms with Crippen LogP contribution in [0.5, 0.6) is 0 Å². The number of ether oxygens (including phenoxy) is 1. The van der Waals surface area contributed by atoms with Gasteiger partial charge in [-0.25, -0.2) is 0 Å². The lowest BCUT2D eigenvalue weighted by molar-refractivity contribution is -0.151. The first kappa shape index (κ1) is 16.0. The maximum Gasteiger partial charge on any atom is 0.239 e. The summed E-state index contributed by atoms with van der Waals surface area (Å²) in [5.74, 6) is 0.428. The van der Waals surface area contributed by atoms with Crippen LogP contribution in [0.15, 0.2) is 12.4 Å². The Balaban J connectivity index is 2.08. The number of carbonyl (C=O) groups excluding carboxylic acids is 1. The van der Waals surface area contributed by atoms with Crippen LogP contribution in [0.2, 0.25) is 0 Å². The molecule has 2 heterocycles. The van der Waals surface area contributed by atoms with Crippen LogP contribution in [-0.2, 0) is 22.2 Å². The van der Waals surface area contributed by atoms with E-state index in [4.69, 9.17) is 10.5 Å². The lowest BCUT2D eigenvalue weighted by Crippen LogP contribution is -2.54. The largest absolute Gasteiger partial charge is 0.367 e. The van der Waals surface area contributed by atoms with Gasteiger partial charge in [0.25, 0.3) is 0 Å². The molecular weight excluding hydrogens is 268 g/mol. The Morgan fingerprint density at radius 1 is 1.57 bits per heavy atom. The number of rotatable bonds is 4. The third kappa shape index (κ3) is 3.63. The van der Waals surface area contributed by atoms with Crippen LogP contribution in [0.1, 0.15) is 32.8 Å². The normalized spacial score (nSPS) is 24.4. The van der Waals surface area contributed by atoms with Gasteiger partial charge in [-0.1, -0.05) is 13.8 Å². The molecule has 0 spiro atoms. The summed E-state index contributed by atoms with van der Waals surface area (Å²) in [6.45, 7) is 7.78. The van der Waals surface area contributed by atoms with E-state index in [0.717, 1.165) is 5.56 Å². The van der Waals surface area contributed by atoms with E-state index in [0.29, 0.717) is 32.0 Å². The monoisotopic (exact) mass is 294 g/mol. The second kappa shape index (κ2) is 6.15. The number of morpholine rings is 1. The molecule has 6 nitrogen and oxygen atoms in total. The molecule has 1 aromatic rings. The summed E-state index contributed by atoms with van der Waals surface area (Å²) >= 11 is 0. The highest BCUT2D eigenvalue weighted by Crippen LogP contribution is 2.29. The van der Waals surface area contributed by atoms with Gasteiger partial charge >= 0.3 is 0 Å². The van der Waals surface area contributed by atoms with Crippen LogP contribution < -0.4 is 5.73 Å². The van der Waals surface area contributed by atoms with Crippen molar-refractivity contribution in [1.29, 1.82) is 0 Å². The number of amides is 1. The average molecular weight is 294 g/mol. The molecule has 0 aromatic carbocycles. The fourth-order valence-electron chi connectivity index (χ4n) is 2.77. The van der Waals surface area contributed by atoms with Crippen LogP contribution in [0.4, 0.5) is 0 Å². The number of hydrogen-bond acceptors (Lipinski definition) is 4. The lowest BCUT2D eigenvalue weighted by atomic mass is 9.96. The van der Waals surface area contributed by atoms with E-state index in [1.807, 2.05) is 25.1 Å². The van der Waals surface area contributed by atoms with Crippen molar-refractivity contribution in [2.24, 2.45) is 18.7 Å². The van der Waals surface area contributed by atoms with Crippen LogP contribution in [0, 0.1) is 5.92 Å². The zero-order valence-corrected chi connectivity index (χ0v) is 13.4. The van der Waals surface area contributed by atoms with E-state index in [-0.39, 0.29) is 5.91 Å². The van der Waals surface area contributed by atoms with Gasteiger partial charge in [0.1, 0.15) is 5.60 Å². The summed E-state index contributed by atoms with van der Waals surface area (Å²) in [6.07, 6.45) is 4.43. The van der Waals surface area contributed by atoms with Crippen molar-refractivity contribution >= 4 is 5.91 Å². The molecule has 2 N–H and O–H groups in total. The van der Waals surface area contributed by atoms with E-state index in [2.05, 4.69) is 18.9 Å². The number of carbonyl (C=O) groups is 1. The van der Waals surface area contributed by atoms with E-state index >= 15 is 0 Å². The maximum atomic E-state index is 12.5. The molecule has 0 saturated carbocycles. The van der Waals surface area contributed by atoms with Crippen molar-refractivity contribution in [2.75, 3.05) is 19.7 Å². The number of aromatic nitrogens is 2. The molecule has 118 valence electrons. The Morgan fingerprint density at radius 3 is 2.86 bits per heavy atom. The molecule has 21 heavy (non-hydrogen) atoms. The molecule has 2 atom stereocenters.